The summed E-state index contributed by atoms with van der Waals surface area (Å²) in [6.45, 7) is 6.82. The Balaban J connectivity index is 1.94. The van der Waals surface area contributed by atoms with E-state index in [0.29, 0.717) is 12.4 Å². The van der Waals surface area contributed by atoms with E-state index < -0.39 is 6.09 Å². The van der Waals surface area contributed by atoms with Crippen LogP contribution in [0.15, 0.2) is 48.8 Å². The van der Waals surface area contributed by atoms with Crippen LogP contribution in [0, 0.1) is 0 Å². The average molecular weight is 398 g/mol. The zero-order valence-corrected chi connectivity index (χ0v) is 17.6. The Hall–Kier alpha value is -2.89. The van der Waals surface area contributed by atoms with E-state index in [1.54, 1.807) is 12.4 Å². The fourth-order valence-electron chi connectivity index (χ4n) is 2.86. The predicted octanol–water partition coefficient (Wildman–Crippen LogP) is 5.15. The molecule has 0 aliphatic carbocycles. The number of rotatable bonds is 11. The molecule has 0 aliphatic rings. The van der Waals surface area contributed by atoms with Crippen LogP contribution in [0.25, 0.3) is 5.57 Å². The Morgan fingerprint density at radius 2 is 1.90 bits per heavy atom. The van der Waals surface area contributed by atoms with Gasteiger partial charge in [0.15, 0.2) is 0 Å². The molecule has 1 atom stereocenters. The summed E-state index contributed by atoms with van der Waals surface area (Å²) in [7, 11) is 0. The average Bonchev–Trinajstić information content (AvgIpc) is 2.76. The van der Waals surface area contributed by atoms with Crippen molar-refractivity contribution >= 4 is 11.7 Å². The molecule has 1 heterocycles. The van der Waals surface area contributed by atoms with E-state index in [0.717, 1.165) is 42.5 Å². The lowest BCUT2D eigenvalue weighted by atomic mass is 10.1. The van der Waals surface area contributed by atoms with Crippen molar-refractivity contribution in [2.45, 2.75) is 59.2 Å². The van der Waals surface area contributed by atoms with Gasteiger partial charge < -0.3 is 14.8 Å². The van der Waals surface area contributed by atoms with Gasteiger partial charge in [0.25, 0.3) is 0 Å². The number of benzene rings is 1. The first kappa shape index (κ1) is 22.4. The van der Waals surface area contributed by atoms with E-state index in [2.05, 4.69) is 35.2 Å². The van der Waals surface area contributed by atoms with E-state index in [1.807, 2.05) is 37.3 Å². The van der Waals surface area contributed by atoms with Gasteiger partial charge in [-0.15, -0.1) is 0 Å². The zero-order valence-electron chi connectivity index (χ0n) is 17.6. The second-order valence-electron chi connectivity index (χ2n) is 6.69. The number of nitrogens with one attached hydrogen (secondary N) is 1. The van der Waals surface area contributed by atoms with Crippen LogP contribution in [0.3, 0.4) is 0 Å². The number of aromatic nitrogens is 2. The number of nitrogens with zero attached hydrogens (tertiary/aromatic N) is 2. The van der Waals surface area contributed by atoms with Crippen molar-refractivity contribution < 1.29 is 14.3 Å². The maximum Gasteiger partial charge on any atom is 0.407 e. The highest BCUT2D eigenvalue weighted by Crippen LogP contribution is 2.26. The summed E-state index contributed by atoms with van der Waals surface area (Å²) in [5.41, 5.74) is 2.87. The monoisotopic (exact) mass is 397 g/mol. The quantitative estimate of drug-likeness (QED) is 0.567. The molecule has 0 aliphatic heterocycles. The van der Waals surface area contributed by atoms with Crippen molar-refractivity contribution in [1.29, 1.82) is 0 Å². The molecule has 0 saturated heterocycles. The largest absolute Gasteiger partial charge is 0.471 e. The summed E-state index contributed by atoms with van der Waals surface area (Å²) in [5.74, 6) is 0.506. The van der Waals surface area contributed by atoms with Crippen LogP contribution in [-0.4, -0.2) is 28.7 Å². The van der Waals surface area contributed by atoms with Crippen LogP contribution in [0.5, 0.6) is 5.88 Å². The first-order chi connectivity index (χ1) is 14.2. The Bertz CT molecular complexity index is 778. The van der Waals surface area contributed by atoms with Crippen molar-refractivity contribution in [2.75, 3.05) is 6.54 Å². The van der Waals surface area contributed by atoms with Crippen molar-refractivity contribution in [3.63, 3.8) is 0 Å². The molecule has 0 bridgehead atoms. The normalized spacial score (nSPS) is 12.3. The van der Waals surface area contributed by atoms with Crippen LogP contribution >= 0.6 is 0 Å². The van der Waals surface area contributed by atoms with Gasteiger partial charge in [0.2, 0.25) is 5.88 Å². The van der Waals surface area contributed by atoms with Crippen LogP contribution in [0.1, 0.15) is 57.7 Å². The third kappa shape index (κ3) is 7.56. The third-order valence-electron chi connectivity index (χ3n) is 4.36. The van der Waals surface area contributed by atoms with Gasteiger partial charge in [-0.25, -0.2) is 14.8 Å². The Labute approximate surface area is 173 Å². The van der Waals surface area contributed by atoms with Gasteiger partial charge in [0.05, 0.1) is 6.54 Å². The Morgan fingerprint density at radius 1 is 1.14 bits per heavy atom. The van der Waals surface area contributed by atoms with Gasteiger partial charge in [-0.05, 0) is 30.4 Å². The zero-order chi connectivity index (χ0) is 20.9. The third-order valence-corrected chi connectivity index (χ3v) is 4.36. The summed E-state index contributed by atoms with van der Waals surface area (Å²) >= 11 is 0. The van der Waals surface area contributed by atoms with Gasteiger partial charge in [0, 0.05) is 12.4 Å². The van der Waals surface area contributed by atoms with Crippen molar-refractivity contribution in [3.8, 4) is 5.88 Å². The van der Waals surface area contributed by atoms with Crippen LogP contribution in [-0.2, 0) is 11.3 Å². The van der Waals surface area contributed by atoms with E-state index in [-0.39, 0.29) is 12.7 Å². The fourth-order valence-corrected chi connectivity index (χ4v) is 2.86. The number of alkyl carbamates (subject to hydrolysis) is 1. The van der Waals surface area contributed by atoms with Gasteiger partial charge in [-0.3, -0.25) is 0 Å². The molecule has 6 heteroatoms. The van der Waals surface area contributed by atoms with Crippen molar-refractivity contribution in [1.82, 2.24) is 15.3 Å². The molecule has 2 aromatic rings. The smallest absolute Gasteiger partial charge is 0.407 e. The number of ether oxygens (including phenoxy) is 2. The molecule has 2 rings (SSSR count). The molecule has 0 fully saturated rings. The van der Waals surface area contributed by atoms with Crippen molar-refractivity contribution in [3.05, 3.63) is 60.1 Å². The van der Waals surface area contributed by atoms with Crippen molar-refractivity contribution in [2.24, 2.45) is 0 Å². The molecular formula is C23H31N3O3. The number of carbonyl (C=O) groups excluding carboxylic acids is 1. The molecule has 1 aromatic carbocycles. The number of hydrogen-bond donors (Lipinski definition) is 1. The standard InChI is InChI=1S/C23H31N3O3/c1-4-10-19(11-5-2)21-22(25-15-14-24-21)29-20(6-3)16-26-23(27)28-17-18-12-8-7-9-13-18/h7-10,12-15,20H,4-6,11,16-17H2,1-3H3,(H,26,27)/b19-10+. The summed E-state index contributed by atoms with van der Waals surface area (Å²) in [5, 5.41) is 2.77. The topological polar surface area (TPSA) is 73.3 Å². The molecule has 0 spiro atoms. The number of amides is 1. The second-order valence-corrected chi connectivity index (χ2v) is 6.69. The summed E-state index contributed by atoms with van der Waals surface area (Å²) in [6, 6.07) is 9.58. The van der Waals surface area contributed by atoms with Gasteiger partial charge in [0.1, 0.15) is 18.4 Å². The molecule has 6 nitrogen and oxygen atoms in total. The minimum Gasteiger partial charge on any atom is -0.471 e. The van der Waals surface area contributed by atoms with Crippen LogP contribution in [0.2, 0.25) is 0 Å². The highest BCUT2D eigenvalue weighted by Gasteiger charge is 2.17. The SMILES string of the molecule is CC/C=C(\CCC)c1nccnc1OC(CC)CNC(=O)OCc1ccccc1. The maximum absolute atomic E-state index is 12.0. The van der Waals surface area contributed by atoms with E-state index >= 15 is 0 Å². The molecule has 1 N–H and O–H groups in total. The van der Waals surface area contributed by atoms with Gasteiger partial charge >= 0.3 is 6.09 Å². The molecule has 0 saturated carbocycles. The Morgan fingerprint density at radius 3 is 2.59 bits per heavy atom. The second kappa shape index (κ2) is 12.5. The highest BCUT2D eigenvalue weighted by atomic mass is 16.5. The Kier molecular flexibility index (Phi) is 9.69. The molecule has 0 radical (unpaired) electrons. The number of carbonyl (C=O) groups is 1. The van der Waals surface area contributed by atoms with E-state index in [4.69, 9.17) is 9.47 Å². The maximum atomic E-state index is 12.0. The van der Waals surface area contributed by atoms with Gasteiger partial charge in [-0.1, -0.05) is 63.6 Å². The number of hydrogen-bond acceptors (Lipinski definition) is 5. The fraction of sp³-hybridized carbons (Fsp3) is 0.435. The van der Waals surface area contributed by atoms with Gasteiger partial charge in [-0.2, -0.15) is 0 Å². The lowest BCUT2D eigenvalue weighted by Crippen LogP contribution is -2.35. The van der Waals surface area contributed by atoms with Crippen LogP contribution < -0.4 is 10.1 Å². The summed E-state index contributed by atoms with van der Waals surface area (Å²) in [4.78, 5) is 20.9. The number of allylic oxidation sites excluding steroid dienone is 2. The molecule has 29 heavy (non-hydrogen) atoms. The summed E-state index contributed by atoms with van der Waals surface area (Å²) in [6.07, 6.45) is 8.38. The minimum absolute atomic E-state index is 0.223. The first-order valence-electron chi connectivity index (χ1n) is 10.3. The summed E-state index contributed by atoms with van der Waals surface area (Å²) < 4.78 is 11.4. The van der Waals surface area contributed by atoms with Crippen LogP contribution in [0.4, 0.5) is 4.79 Å². The molecule has 1 unspecified atom stereocenters. The lowest BCUT2D eigenvalue weighted by molar-refractivity contribution is 0.128. The molecular weight excluding hydrogens is 366 g/mol. The molecule has 1 aromatic heterocycles. The minimum atomic E-state index is -0.465. The highest BCUT2D eigenvalue weighted by molar-refractivity contribution is 5.67. The lowest BCUT2D eigenvalue weighted by Gasteiger charge is -2.19. The molecule has 156 valence electrons. The molecule has 1 amide bonds. The predicted molar refractivity (Wildman–Crippen MR) is 115 cm³/mol. The van der Waals surface area contributed by atoms with E-state index in [9.17, 15) is 4.79 Å². The first-order valence-corrected chi connectivity index (χ1v) is 10.3. The van der Waals surface area contributed by atoms with E-state index in [1.165, 1.54) is 0 Å².